The van der Waals surface area contributed by atoms with Crippen LogP contribution in [0.5, 0.6) is 0 Å². The first-order valence-electron chi connectivity index (χ1n) is 8.61. The van der Waals surface area contributed by atoms with Gasteiger partial charge in [0, 0.05) is 43.3 Å². The van der Waals surface area contributed by atoms with Crippen molar-refractivity contribution in [1.29, 1.82) is 0 Å². The first kappa shape index (κ1) is 15.5. The lowest BCUT2D eigenvalue weighted by atomic mass is 10.1. The second-order valence-corrected chi connectivity index (χ2v) is 6.56. The molecular formula is C20H17N7. The Hall–Kier alpha value is -3.74. The summed E-state index contributed by atoms with van der Waals surface area (Å²) in [6.45, 7) is 0. The summed E-state index contributed by atoms with van der Waals surface area (Å²) < 4.78 is 1.76. The summed E-state index contributed by atoms with van der Waals surface area (Å²) in [6.07, 6.45) is 6.99. The van der Waals surface area contributed by atoms with E-state index >= 15 is 0 Å². The van der Waals surface area contributed by atoms with Gasteiger partial charge < -0.3 is 10.2 Å². The smallest absolute Gasteiger partial charge is 0.136 e. The number of pyridine rings is 2. The molecule has 0 unspecified atom stereocenters. The summed E-state index contributed by atoms with van der Waals surface area (Å²) in [5.41, 5.74) is 6.38. The highest BCUT2D eigenvalue weighted by Crippen LogP contribution is 2.34. The summed E-state index contributed by atoms with van der Waals surface area (Å²) in [6, 6.07) is 12.1. The predicted octanol–water partition coefficient (Wildman–Crippen LogP) is 3.64. The monoisotopic (exact) mass is 355 g/mol. The minimum Gasteiger partial charge on any atom is -0.378 e. The minimum absolute atomic E-state index is 0.803. The highest BCUT2D eigenvalue weighted by atomic mass is 15.2. The molecule has 0 radical (unpaired) electrons. The van der Waals surface area contributed by atoms with E-state index in [1.165, 1.54) is 0 Å². The van der Waals surface area contributed by atoms with Gasteiger partial charge in [0.05, 0.1) is 22.9 Å². The summed E-state index contributed by atoms with van der Waals surface area (Å²) in [4.78, 5) is 15.3. The van der Waals surface area contributed by atoms with Crippen molar-refractivity contribution in [3.8, 4) is 0 Å². The van der Waals surface area contributed by atoms with Crippen molar-refractivity contribution < 1.29 is 0 Å². The maximum Gasteiger partial charge on any atom is 0.136 e. The van der Waals surface area contributed by atoms with Crippen molar-refractivity contribution in [3.63, 3.8) is 0 Å². The Morgan fingerprint density at radius 1 is 1.00 bits per heavy atom. The molecule has 4 heterocycles. The standard InChI is InChI=1S/C20H17N7/c1-26(2)14-5-3-4-13(10-14)23-18-15-6-8-21-11-16(15)24-19-17-7-9-22-12-27(17)25-20(18)19/h3-12,23H,1-2H3. The highest BCUT2D eigenvalue weighted by molar-refractivity contribution is 6.10. The Morgan fingerprint density at radius 2 is 1.89 bits per heavy atom. The van der Waals surface area contributed by atoms with Crippen LogP contribution in [0, 0.1) is 0 Å². The van der Waals surface area contributed by atoms with Gasteiger partial charge >= 0.3 is 0 Å². The van der Waals surface area contributed by atoms with E-state index in [-0.39, 0.29) is 0 Å². The molecule has 1 aromatic carbocycles. The number of benzene rings is 1. The van der Waals surface area contributed by atoms with Gasteiger partial charge in [0.2, 0.25) is 0 Å². The molecule has 5 rings (SSSR count). The lowest BCUT2D eigenvalue weighted by molar-refractivity contribution is 0.938. The van der Waals surface area contributed by atoms with Crippen molar-refractivity contribution >= 4 is 44.5 Å². The lowest BCUT2D eigenvalue weighted by Gasteiger charge is -2.15. The first-order valence-corrected chi connectivity index (χ1v) is 8.61. The Kier molecular flexibility index (Phi) is 3.39. The van der Waals surface area contributed by atoms with Crippen LogP contribution in [0.15, 0.2) is 61.3 Å². The number of anilines is 3. The molecule has 0 spiro atoms. The van der Waals surface area contributed by atoms with Gasteiger partial charge in [-0.25, -0.2) is 14.5 Å². The van der Waals surface area contributed by atoms with Gasteiger partial charge in [-0.2, -0.15) is 5.10 Å². The van der Waals surface area contributed by atoms with Crippen molar-refractivity contribution in [3.05, 3.63) is 61.3 Å². The number of fused-ring (bicyclic) bond motifs is 4. The first-order chi connectivity index (χ1) is 13.2. The van der Waals surface area contributed by atoms with Crippen LogP contribution in [0.25, 0.3) is 27.5 Å². The third kappa shape index (κ3) is 2.52. The molecule has 0 atom stereocenters. The second-order valence-electron chi connectivity index (χ2n) is 6.56. The van der Waals surface area contributed by atoms with Crippen LogP contribution in [0.2, 0.25) is 0 Å². The van der Waals surface area contributed by atoms with Gasteiger partial charge in [0.25, 0.3) is 0 Å². The topological polar surface area (TPSA) is 71.2 Å². The molecule has 0 aliphatic heterocycles. The number of aromatic nitrogens is 5. The van der Waals surface area contributed by atoms with E-state index in [2.05, 4.69) is 32.3 Å². The SMILES string of the molecule is CN(C)c1cccc(Nc2c3ccncc3nc3c2nn2cnccc32)c1. The lowest BCUT2D eigenvalue weighted by Crippen LogP contribution is -2.08. The van der Waals surface area contributed by atoms with E-state index in [0.717, 1.165) is 44.5 Å². The second kappa shape index (κ2) is 5.91. The van der Waals surface area contributed by atoms with Crippen LogP contribution in [-0.2, 0) is 0 Å². The van der Waals surface area contributed by atoms with Crippen LogP contribution in [0.4, 0.5) is 17.1 Å². The molecular weight excluding hydrogens is 338 g/mol. The third-order valence-electron chi connectivity index (χ3n) is 4.59. The van der Waals surface area contributed by atoms with Crippen LogP contribution in [0.1, 0.15) is 0 Å². The fourth-order valence-corrected chi connectivity index (χ4v) is 3.24. The van der Waals surface area contributed by atoms with E-state index in [4.69, 9.17) is 10.1 Å². The van der Waals surface area contributed by atoms with E-state index in [1.807, 2.05) is 38.4 Å². The normalized spacial score (nSPS) is 11.3. The Morgan fingerprint density at radius 3 is 2.78 bits per heavy atom. The van der Waals surface area contributed by atoms with Crippen molar-refractivity contribution in [2.24, 2.45) is 0 Å². The molecule has 0 saturated carbocycles. The molecule has 0 amide bonds. The summed E-state index contributed by atoms with van der Waals surface area (Å²) in [5.74, 6) is 0. The number of nitrogens with zero attached hydrogens (tertiary/aromatic N) is 6. The van der Waals surface area contributed by atoms with Crippen molar-refractivity contribution in [2.45, 2.75) is 0 Å². The summed E-state index contributed by atoms with van der Waals surface area (Å²) >= 11 is 0. The van der Waals surface area contributed by atoms with Crippen LogP contribution in [0.3, 0.4) is 0 Å². The number of hydrogen-bond donors (Lipinski definition) is 1. The molecule has 0 saturated heterocycles. The Balaban J connectivity index is 1.79. The zero-order valence-corrected chi connectivity index (χ0v) is 15.0. The molecule has 0 fully saturated rings. The van der Waals surface area contributed by atoms with Gasteiger partial charge in [-0.15, -0.1) is 0 Å². The van der Waals surface area contributed by atoms with Crippen molar-refractivity contribution in [2.75, 3.05) is 24.3 Å². The van der Waals surface area contributed by atoms with E-state index in [9.17, 15) is 0 Å². The maximum absolute atomic E-state index is 4.79. The van der Waals surface area contributed by atoms with Gasteiger partial charge in [0.15, 0.2) is 0 Å². The molecule has 27 heavy (non-hydrogen) atoms. The van der Waals surface area contributed by atoms with E-state index in [1.54, 1.807) is 29.4 Å². The molecule has 0 bridgehead atoms. The average molecular weight is 355 g/mol. The summed E-state index contributed by atoms with van der Waals surface area (Å²) in [5, 5.41) is 9.25. The maximum atomic E-state index is 4.79. The Bertz CT molecular complexity index is 1290. The fraction of sp³-hybridized carbons (Fsp3) is 0.100. The Labute approximate surface area is 155 Å². The molecule has 0 aliphatic rings. The zero-order valence-electron chi connectivity index (χ0n) is 15.0. The molecule has 7 nitrogen and oxygen atoms in total. The summed E-state index contributed by atoms with van der Waals surface area (Å²) in [7, 11) is 4.06. The number of hydrogen-bond acceptors (Lipinski definition) is 6. The number of rotatable bonds is 3. The molecule has 7 heteroatoms. The largest absolute Gasteiger partial charge is 0.378 e. The minimum atomic E-state index is 0.803. The quantitative estimate of drug-likeness (QED) is 0.533. The highest BCUT2D eigenvalue weighted by Gasteiger charge is 2.15. The van der Waals surface area contributed by atoms with Gasteiger partial charge in [0.1, 0.15) is 17.4 Å². The molecule has 5 aromatic rings. The third-order valence-corrected chi connectivity index (χ3v) is 4.59. The van der Waals surface area contributed by atoms with Gasteiger partial charge in [-0.05, 0) is 30.3 Å². The van der Waals surface area contributed by atoms with Gasteiger partial charge in [-0.3, -0.25) is 4.98 Å². The number of nitrogens with one attached hydrogen (secondary N) is 1. The van der Waals surface area contributed by atoms with Crippen LogP contribution >= 0.6 is 0 Å². The molecule has 0 aliphatic carbocycles. The molecule has 4 aromatic heterocycles. The zero-order chi connectivity index (χ0) is 18.4. The molecule has 132 valence electrons. The van der Waals surface area contributed by atoms with Gasteiger partial charge in [-0.1, -0.05) is 6.07 Å². The predicted molar refractivity (Wildman–Crippen MR) is 108 cm³/mol. The van der Waals surface area contributed by atoms with Crippen molar-refractivity contribution in [1.82, 2.24) is 24.6 Å². The van der Waals surface area contributed by atoms with Crippen LogP contribution < -0.4 is 10.2 Å². The molecule has 1 N–H and O–H groups in total. The average Bonchev–Trinajstić information content (AvgIpc) is 3.07. The van der Waals surface area contributed by atoms with E-state index < -0.39 is 0 Å². The van der Waals surface area contributed by atoms with E-state index in [0.29, 0.717) is 0 Å². The van der Waals surface area contributed by atoms with Crippen LogP contribution in [-0.4, -0.2) is 38.7 Å². The fourth-order valence-electron chi connectivity index (χ4n) is 3.24.